The van der Waals surface area contributed by atoms with E-state index in [9.17, 15) is 22.7 Å². The van der Waals surface area contributed by atoms with Crippen LogP contribution in [0.4, 0.5) is 27.8 Å². The number of fused-ring (bicyclic) bond motifs is 5. The topological polar surface area (TPSA) is 86.6 Å². The number of ether oxygens (including phenoxy) is 1. The molecule has 0 aliphatic carbocycles. The molecule has 0 saturated carbocycles. The standard InChI is InChI=1S/C28H28ClF5N6O2/c29-20-7-17(41)6-18(21(20)28(32,33)34)23-22(31)24-19(10-36-23)25(40-12-15-2-3-16(40)9-35-15)38-26(37-24)42-13-27-4-1-5-39(27)11-14(30)8-27/h6-7,10,14-16,35,41H,1-5,8-9,11-13H2/t14-,15?,16?,27+/m0/s1/i13D2. The number of hydrogen-bond acceptors (Lipinski definition) is 8. The molecule has 14 heteroatoms. The summed E-state index contributed by atoms with van der Waals surface area (Å²) in [6.45, 7) is -0.808. The molecule has 5 aliphatic heterocycles. The number of anilines is 1. The summed E-state index contributed by atoms with van der Waals surface area (Å²) in [5, 5.41) is 12.7. The van der Waals surface area contributed by atoms with E-state index in [0.29, 0.717) is 38.5 Å². The van der Waals surface area contributed by atoms with Crippen LogP contribution in [0.3, 0.4) is 0 Å². The molecule has 1 aromatic carbocycles. The number of piperazine rings is 1. The number of hydrogen-bond donors (Lipinski definition) is 2. The molecule has 224 valence electrons. The fraction of sp³-hybridized carbons (Fsp3) is 0.536. The molecule has 2 unspecified atom stereocenters. The molecule has 0 amide bonds. The number of halogens is 6. The molecule has 2 aromatic heterocycles. The number of phenols is 1. The fourth-order valence-corrected chi connectivity index (χ4v) is 7.23. The summed E-state index contributed by atoms with van der Waals surface area (Å²) in [4.78, 5) is 16.4. The SMILES string of the molecule is [2H]C([2H])(Oc1nc(N2CC3CCC2CN3)c2cnc(-c3cc(O)cc(Cl)c3C(F)(F)F)c(F)c2n1)[C@]12CCCN1C[C@@H](F)C2. The van der Waals surface area contributed by atoms with Crippen molar-refractivity contribution < 1.29 is 34.5 Å². The summed E-state index contributed by atoms with van der Waals surface area (Å²) >= 11 is 5.86. The summed E-state index contributed by atoms with van der Waals surface area (Å²) in [6, 6.07) is 0.972. The van der Waals surface area contributed by atoms with E-state index >= 15 is 4.39 Å². The molecule has 8 nitrogen and oxygen atoms in total. The summed E-state index contributed by atoms with van der Waals surface area (Å²) in [5.74, 6) is -1.68. The van der Waals surface area contributed by atoms with Crippen molar-refractivity contribution in [2.45, 2.75) is 62.1 Å². The van der Waals surface area contributed by atoms with Crippen LogP contribution in [0.25, 0.3) is 22.2 Å². The number of phenolic OH excluding ortho intramolecular Hbond substituents is 1. The van der Waals surface area contributed by atoms with Gasteiger partial charge in [-0.3, -0.25) is 9.88 Å². The van der Waals surface area contributed by atoms with E-state index in [1.807, 2.05) is 4.90 Å². The molecule has 7 heterocycles. The average molecular weight is 613 g/mol. The van der Waals surface area contributed by atoms with Gasteiger partial charge in [0, 0.05) is 49.9 Å². The number of pyridine rings is 1. The highest BCUT2D eigenvalue weighted by molar-refractivity contribution is 6.32. The molecule has 0 radical (unpaired) electrons. The second-order valence-corrected chi connectivity index (χ2v) is 11.8. The van der Waals surface area contributed by atoms with E-state index in [0.717, 1.165) is 25.1 Å². The number of alkyl halides is 4. The normalized spacial score (nSPS) is 28.7. The molecule has 0 spiro atoms. The van der Waals surface area contributed by atoms with Crippen LogP contribution < -0.4 is 15.0 Å². The van der Waals surface area contributed by atoms with Gasteiger partial charge in [0.05, 0.1) is 24.3 Å². The maximum atomic E-state index is 16.4. The lowest BCUT2D eigenvalue weighted by Crippen LogP contribution is -2.61. The van der Waals surface area contributed by atoms with Crippen molar-refractivity contribution >= 4 is 28.3 Å². The lowest BCUT2D eigenvalue weighted by molar-refractivity contribution is -0.137. The molecule has 2 bridgehead atoms. The first-order chi connectivity index (χ1) is 20.8. The van der Waals surface area contributed by atoms with Gasteiger partial charge in [0.25, 0.3) is 0 Å². The quantitative estimate of drug-likeness (QED) is 0.385. The van der Waals surface area contributed by atoms with Crippen LogP contribution in [0.15, 0.2) is 18.3 Å². The third kappa shape index (κ3) is 4.60. The fourth-order valence-electron chi connectivity index (χ4n) is 6.91. The van der Waals surface area contributed by atoms with E-state index in [-0.39, 0.29) is 36.3 Å². The van der Waals surface area contributed by atoms with E-state index in [1.54, 1.807) is 4.90 Å². The van der Waals surface area contributed by atoms with Gasteiger partial charge in [0.15, 0.2) is 5.82 Å². The second-order valence-electron chi connectivity index (χ2n) is 11.4. The zero-order valence-corrected chi connectivity index (χ0v) is 22.9. The van der Waals surface area contributed by atoms with Gasteiger partial charge in [-0.25, -0.2) is 8.78 Å². The van der Waals surface area contributed by atoms with Gasteiger partial charge < -0.3 is 20.1 Å². The molecular formula is C28H28ClF5N6O2. The van der Waals surface area contributed by atoms with Crippen molar-refractivity contribution in [1.29, 1.82) is 0 Å². The highest BCUT2D eigenvalue weighted by Crippen LogP contribution is 2.45. The largest absolute Gasteiger partial charge is 0.508 e. The Labute approximate surface area is 245 Å². The van der Waals surface area contributed by atoms with Gasteiger partial charge in [0.2, 0.25) is 0 Å². The van der Waals surface area contributed by atoms with Crippen molar-refractivity contribution in [3.8, 4) is 23.0 Å². The third-order valence-corrected chi connectivity index (χ3v) is 9.11. The Bertz CT molecular complexity index is 1640. The van der Waals surface area contributed by atoms with Gasteiger partial charge in [0.1, 0.15) is 35.5 Å². The molecule has 4 atom stereocenters. The number of nitrogens with zero attached hydrogens (tertiary/aromatic N) is 5. The van der Waals surface area contributed by atoms with Crippen LogP contribution in [0, 0.1) is 5.82 Å². The molecule has 5 fully saturated rings. The summed E-state index contributed by atoms with van der Waals surface area (Å²) in [5.41, 5.74) is -4.66. The molecule has 5 saturated heterocycles. The lowest BCUT2D eigenvalue weighted by Gasteiger charge is -2.46. The van der Waals surface area contributed by atoms with E-state index in [2.05, 4.69) is 20.3 Å². The Balaban J connectivity index is 1.40. The van der Waals surface area contributed by atoms with Crippen LogP contribution >= 0.6 is 11.6 Å². The summed E-state index contributed by atoms with van der Waals surface area (Å²) in [6.07, 6.45) is -2.49. The van der Waals surface area contributed by atoms with Crippen LogP contribution in [0.1, 0.15) is 40.4 Å². The van der Waals surface area contributed by atoms with Gasteiger partial charge in [-0.05, 0) is 44.4 Å². The average Bonchev–Trinajstić information content (AvgIpc) is 3.50. The van der Waals surface area contributed by atoms with Gasteiger partial charge in [-0.2, -0.15) is 23.1 Å². The molecular weight excluding hydrogens is 583 g/mol. The number of benzene rings is 1. The van der Waals surface area contributed by atoms with Crippen LogP contribution in [-0.2, 0) is 6.18 Å². The minimum atomic E-state index is -5.01. The number of piperidine rings is 2. The van der Waals surface area contributed by atoms with Crippen LogP contribution in [0.5, 0.6) is 11.8 Å². The van der Waals surface area contributed by atoms with Crippen LogP contribution in [0.2, 0.25) is 5.02 Å². The monoisotopic (exact) mass is 612 g/mol. The van der Waals surface area contributed by atoms with Crippen molar-refractivity contribution in [2.75, 3.05) is 37.6 Å². The Morgan fingerprint density at radius 3 is 2.79 bits per heavy atom. The first-order valence-electron chi connectivity index (χ1n) is 14.8. The molecule has 3 aromatic rings. The van der Waals surface area contributed by atoms with Gasteiger partial charge in [-0.15, -0.1) is 0 Å². The number of aromatic nitrogens is 3. The van der Waals surface area contributed by atoms with Crippen molar-refractivity contribution in [3.05, 3.63) is 34.7 Å². The Hall–Kier alpha value is -3.03. The van der Waals surface area contributed by atoms with Gasteiger partial charge >= 0.3 is 12.2 Å². The van der Waals surface area contributed by atoms with E-state index < -0.39 is 69.4 Å². The Morgan fingerprint density at radius 2 is 2.07 bits per heavy atom. The smallest absolute Gasteiger partial charge is 0.418 e. The van der Waals surface area contributed by atoms with Crippen molar-refractivity contribution in [2.24, 2.45) is 0 Å². The second kappa shape index (κ2) is 10.0. The van der Waals surface area contributed by atoms with Crippen LogP contribution in [-0.4, -0.2) is 81.5 Å². The Kier molecular flexibility index (Phi) is 6.08. The minimum absolute atomic E-state index is 0.0433. The molecule has 2 N–H and O–H groups in total. The number of nitrogens with one attached hydrogen (secondary N) is 1. The Morgan fingerprint density at radius 1 is 1.24 bits per heavy atom. The third-order valence-electron chi connectivity index (χ3n) is 8.81. The highest BCUT2D eigenvalue weighted by Gasteiger charge is 2.49. The highest BCUT2D eigenvalue weighted by atomic mass is 35.5. The van der Waals surface area contributed by atoms with Gasteiger partial charge in [-0.1, -0.05) is 11.6 Å². The first kappa shape index (κ1) is 25.5. The molecule has 5 aliphatic rings. The zero-order chi connectivity index (χ0) is 31.2. The maximum Gasteiger partial charge on any atom is 0.418 e. The molecule has 42 heavy (non-hydrogen) atoms. The molecule has 8 rings (SSSR count). The minimum Gasteiger partial charge on any atom is -0.508 e. The van der Waals surface area contributed by atoms with E-state index in [1.165, 1.54) is 0 Å². The predicted molar refractivity (Wildman–Crippen MR) is 145 cm³/mol. The predicted octanol–water partition coefficient (Wildman–Crippen LogP) is 5.10. The lowest BCUT2D eigenvalue weighted by atomic mass is 9.93. The first-order valence-corrected chi connectivity index (χ1v) is 14.2. The van der Waals surface area contributed by atoms with E-state index in [4.69, 9.17) is 19.1 Å². The van der Waals surface area contributed by atoms with Crippen molar-refractivity contribution in [3.63, 3.8) is 0 Å². The zero-order valence-electron chi connectivity index (χ0n) is 24.2. The number of rotatable bonds is 5. The summed E-state index contributed by atoms with van der Waals surface area (Å²) < 4.78 is 96.7. The number of aromatic hydroxyl groups is 1. The summed E-state index contributed by atoms with van der Waals surface area (Å²) in [7, 11) is 0. The van der Waals surface area contributed by atoms with Crippen molar-refractivity contribution in [1.82, 2.24) is 25.2 Å². The maximum absolute atomic E-state index is 16.4.